The van der Waals surface area contributed by atoms with Gasteiger partial charge in [0, 0.05) is 173 Å². The topological polar surface area (TPSA) is 284 Å². The molecule has 0 N–H and O–H groups in total. The van der Waals surface area contributed by atoms with Crippen molar-refractivity contribution in [2.45, 2.75) is 55.4 Å². The van der Waals surface area contributed by atoms with E-state index in [4.69, 9.17) is 0 Å². The van der Waals surface area contributed by atoms with Crippen molar-refractivity contribution in [3.05, 3.63) is 353 Å². The maximum Gasteiger partial charge on any atom is 0.116 e. The van der Waals surface area contributed by atoms with Crippen LogP contribution in [0.25, 0.3) is 89.8 Å². The maximum absolute atomic E-state index is 4.24. The number of rotatable bonds is 8. The van der Waals surface area contributed by atoms with Crippen molar-refractivity contribution in [2.24, 2.45) is 0 Å². The summed E-state index contributed by atoms with van der Waals surface area (Å²) in [7, 11) is 0. The lowest BCUT2D eigenvalue weighted by Crippen LogP contribution is -1.90. The molecule has 0 fully saturated rings. The Morgan fingerprint density at radius 1 is 0.173 bits per heavy atom. The molecule has 22 heteroatoms. The normalized spacial score (nSPS) is 9.92. The Kier molecular flexibility index (Phi) is 29.1. The van der Waals surface area contributed by atoms with E-state index in [2.05, 4.69) is 134 Å². The number of nitrogens with zero attached hydrogens (tertiary/aromatic N) is 22. The van der Waals surface area contributed by atoms with Crippen LogP contribution in [0.1, 0.15) is 45.0 Å². The van der Waals surface area contributed by atoms with Gasteiger partial charge in [0.1, 0.15) is 50.6 Å². The van der Waals surface area contributed by atoms with Crippen molar-refractivity contribution in [1.82, 2.24) is 110 Å². The minimum atomic E-state index is 0.891. The van der Waals surface area contributed by atoms with Crippen molar-refractivity contribution in [1.29, 1.82) is 0 Å². The summed E-state index contributed by atoms with van der Waals surface area (Å²) < 4.78 is 0. The summed E-state index contributed by atoms with van der Waals surface area (Å²) in [5.74, 6) is 0. The van der Waals surface area contributed by atoms with Crippen LogP contribution in [0.5, 0.6) is 0 Å². The molecule has 104 heavy (non-hydrogen) atoms. The van der Waals surface area contributed by atoms with Gasteiger partial charge in [0.25, 0.3) is 0 Å². The fourth-order valence-electron chi connectivity index (χ4n) is 9.74. The molecule has 22 nitrogen and oxygen atoms in total. The summed E-state index contributed by atoms with van der Waals surface area (Å²) in [5, 5.41) is 0. The van der Waals surface area contributed by atoms with Gasteiger partial charge in [-0.05, 0) is 156 Å². The van der Waals surface area contributed by atoms with E-state index >= 15 is 0 Å². The zero-order chi connectivity index (χ0) is 72.8. The fourth-order valence-corrected chi connectivity index (χ4v) is 9.74. The zero-order valence-corrected chi connectivity index (χ0v) is 58.7. The van der Waals surface area contributed by atoms with Gasteiger partial charge >= 0.3 is 0 Å². The molecule has 0 saturated heterocycles. The molecular weight excluding hydrogens is 1290 g/mol. The third-order valence-electron chi connectivity index (χ3n) is 15.1. The third kappa shape index (κ3) is 23.0. The van der Waals surface area contributed by atoms with Gasteiger partial charge in [-0.3, -0.25) is 29.9 Å². The maximum atomic E-state index is 4.24. The lowest BCUT2D eigenvalue weighted by atomic mass is 10.1. The van der Waals surface area contributed by atoms with Gasteiger partial charge < -0.3 is 0 Å². The van der Waals surface area contributed by atoms with E-state index in [0.717, 1.165) is 129 Å². The van der Waals surface area contributed by atoms with Gasteiger partial charge in [-0.1, -0.05) is 78.9 Å². The van der Waals surface area contributed by atoms with Crippen LogP contribution in [-0.4, -0.2) is 110 Å². The number of hydrogen-bond donors (Lipinski definition) is 0. The summed E-state index contributed by atoms with van der Waals surface area (Å²) in [6.07, 6.45) is 44.6. The van der Waals surface area contributed by atoms with Crippen LogP contribution in [-0.2, 0) is 0 Å². The predicted octanol–water partition coefficient (Wildman–Crippen LogP) is 16.0. The van der Waals surface area contributed by atoms with E-state index in [-0.39, 0.29) is 0 Å². The SMILES string of the molecule is Cc1cncnc1-c1ccccc1.Cc1cncnc1-c1ccccn1.Cc1cncnc1-c1cccnc1.Cc1cncnc1-c1ccncc1.Cc1ncncc1-c1ccccc1.Cc1ncncc1-c1ccccn1.Cc1ncncc1-c1cccnc1.Cc1ncncc1-c1ccncc1. The van der Waals surface area contributed by atoms with Crippen molar-refractivity contribution in [2.75, 3.05) is 0 Å². The number of aromatic nitrogens is 22. The minimum Gasteiger partial charge on any atom is -0.265 e. The molecule has 16 aromatic rings. The van der Waals surface area contributed by atoms with Crippen LogP contribution < -0.4 is 0 Å². The van der Waals surface area contributed by atoms with Crippen molar-refractivity contribution < 1.29 is 0 Å². The quantitative estimate of drug-likeness (QED) is 0.137. The first-order chi connectivity index (χ1) is 51.0. The van der Waals surface area contributed by atoms with Crippen LogP contribution in [0.3, 0.4) is 0 Å². The first kappa shape index (κ1) is 74.2. The summed E-state index contributed by atoms with van der Waals surface area (Å²) in [5.41, 5.74) is 24.6. The lowest BCUT2D eigenvalue weighted by molar-refractivity contribution is 1.10. The first-order valence-corrected chi connectivity index (χ1v) is 32.7. The Labute approximate surface area is 604 Å². The molecule has 0 unspecified atom stereocenters. The van der Waals surface area contributed by atoms with Crippen molar-refractivity contribution >= 4 is 0 Å². The molecule has 14 aromatic heterocycles. The molecule has 0 aliphatic heterocycles. The summed E-state index contributed by atoms with van der Waals surface area (Å²) >= 11 is 0. The molecule has 0 radical (unpaired) electrons. The zero-order valence-electron chi connectivity index (χ0n) is 58.7. The monoisotopic (exact) mass is 1370 g/mol. The third-order valence-corrected chi connectivity index (χ3v) is 15.1. The predicted molar refractivity (Wildman–Crippen MR) is 404 cm³/mol. The summed E-state index contributed by atoms with van der Waals surface area (Å²) in [4.78, 5) is 89.5. The minimum absolute atomic E-state index is 0.891. The van der Waals surface area contributed by atoms with Crippen LogP contribution in [0, 0.1) is 55.4 Å². The van der Waals surface area contributed by atoms with Crippen LogP contribution in [0.4, 0.5) is 0 Å². The first-order valence-electron chi connectivity index (χ1n) is 32.7. The van der Waals surface area contributed by atoms with E-state index in [1.54, 1.807) is 125 Å². The largest absolute Gasteiger partial charge is 0.265 e. The van der Waals surface area contributed by atoms with Gasteiger partial charge in [0.15, 0.2) is 0 Å². The number of hydrogen-bond acceptors (Lipinski definition) is 22. The molecule has 0 amide bonds. The number of benzene rings is 2. The van der Waals surface area contributed by atoms with Crippen LogP contribution >= 0.6 is 0 Å². The Balaban J connectivity index is 0.000000138. The lowest BCUT2D eigenvalue weighted by Gasteiger charge is -2.02. The smallest absolute Gasteiger partial charge is 0.116 e. The molecule has 0 atom stereocenters. The highest BCUT2D eigenvalue weighted by molar-refractivity contribution is 5.67. The molecule has 2 aromatic carbocycles. The number of pyridine rings is 6. The number of aryl methyl sites for hydroxylation is 8. The highest BCUT2D eigenvalue weighted by Crippen LogP contribution is 2.25. The van der Waals surface area contributed by atoms with E-state index in [9.17, 15) is 0 Å². The van der Waals surface area contributed by atoms with Crippen LogP contribution in [0.15, 0.2) is 308 Å². The van der Waals surface area contributed by atoms with Crippen LogP contribution in [0.2, 0.25) is 0 Å². The molecule has 16 rings (SSSR count). The average Bonchev–Trinajstić information content (AvgIpc) is 1.11. The molecule has 512 valence electrons. The second-order valence-electron chi connectivity index (χ2n) is 22.4. The Bertz CT molecular complexity index is 4150. The molecule has 0 aliphatic carbocycles. The van der Waals surface area contributed by atoms with E-state index in [1.807, 2.05) is 208 Å². The molecule has 14 heterocycles. The average molecular weight is 1370 g/mol. The van der Waals surface area contributed by atoms with Gasteiger partial charge in [-0.25, -0.2) is 79.7 Å². The standard InChI is InChI=1S/2C11H10N2.6C10H9N3/c1-9-11(7-12-8-13-9)10-5-3-2-4-6-10;1-9-7-12-8-13-11(9)10-5-3-2-4-6-10;1-8-10(6-12-7-13-8)9-2-4-11-5-3-9;1-8-6-12-7-13-10(8)9-2-4-11-5-3-9;1-8-10(6-12-7-13-8)9-3-2-4-11-5-9;1-8-5-12-7-13-10(8)9-3-2-4-11-6-9;1-8-9(6-11-7-13-8)10-4-2-3-5-12-10;1-8-6-11-7-13-10(8)9-4-2-3-5-12-9/h2*2-8H,1H3;6*2-7H,1H3. The van der Waals surface area contributed by atoms with E-state index in [1.165, 1.54) is 11.9 Å². The fraction of sp³-hybridized carbons (Fsp3) is 0.0976. The molecular formula is C82H74N22. The molecule has 0 bridgehead atoms. The highest BCUT2D eigenvalue weighted by atomic mass is 14.9. The molecule has 0 aliphatic rings. The Morgan fingerprint density at radius 2 is 0.481 bits per heavy atom. The van der Waals surface area contributed by atoms with Crippen molar-refractivity contribution in [3.8, 4) is 89.8 Å². The Morgan fingerprint density at radius 3 is 0.865 bits per heavy atom. The van der Waals surface area contributed by atoms with Gasteiger partial charge in [-0.15, -0.1) is 0 Å². The summed E-state index contributed by atoms with van der Waals surface area (Å²) in [6, 6.07) is 47.4. The second kappa shape index (κ2) is 40.8. The highest BCUT2D eigenvalue weighted by Gasteiger charge is 2.08. The van der Waals surface area contributed by atoms with E-state index in [0.29, 0.717) is 0 Å². The van der Waals surface area contributed by atoms with Gasteiger partial charge in [-0.2, -0.15) is 0 Å². The van der Waals surface area contributed by atoms with Gasteiger partial charge in [0.2, 0.25) is 0 Å². The molecule has 0 saturated carbocycles. The van der Waals surface area contributed by atoms with E-state index < -0.39 is 0 Å². The second-order valence-corrected chi connectivity index (χ2v) is 22.4. The summed E-state index contributed by atoms with van der Waals surface area (Å²) in [6.45, 7) is 15.8. The van der Waals surface area contributed by atoms with Crippen molar-refractivity contribution in [3.63, 3.8) is 0 Å². The Hall–Kier alpha value is -14.0. The van der Waals surface area contributed by atoms with Gasteiger partial charge in [0.05, 0.1) is 39.9 Å². The molecule has 0 spiro atoms.